The summed E-state index contributed by atoms with van der Waals surface area (Å²) in [6, 6.07) is 0. The first-order valence-electron chi connectivity index (χ1n) is 5.17. The Morgan fingerprint density at radius 2 is 1.71 bits per heavy atom. The minimum absolute atomic E-state index is 0.202. The Morgan fingerprint density at radius 3 is 2.07 bits per heavy atom. The normalized spacial score (nSPS) is 11.7. The molecule has 0 aromatic carbocycles. The van der Waals surface area contributed by atoms with E-state index in [0.29, 0.717) is 12.4 Å². The Labute approximate surface area is 85.8 Å². The fourth-order valence-corrected chi connectivity index (χ4v) is 1.43. The van der Waals surface area contributed by atoms with Crippen LogP contribution in [0.4, 0.5) is 0 Å². The molecule has 3 heteroatoms. The van der Waals surface area contributed by atoms with E-state index in [-0.39, 0.29) is 5.41 Å². The van der Waals surface area contributed by atoms with Crippen LogP contribution in [-0.2, 0) is 12.0 Å². The largest absolute Gasteiger partial charge is 0.324 e. The van der Waals surface area contributed by atoms with Gasteiger partial charge in [0, 0.05) is 12.4 Å². The average Bonchev–Trinajstić information content (AvgIpc) is 2.28. The third kappa shape index (κ3) is 2.10. The summed E-state index contributed by atoms with van der Waals surface area (Å²) < 4.78 is 0. The summed E-state index contributed by atoms with van der Waals surface area (Å²) in [5, 5.41) is 0. The number of nitrogens with zero attached hydrogens (tertiary/aromatic N) is 2. The molecule has 1 aromatic rings. The molecule has 0 aliphatic carbocycles. The van der Waals surface area contributed by atoms with E-state index in [1.807, 2.05) is 12.4 Å². The monoisotopic (exact) mass is 193 g/mol. The first kappa shape index (κ1) is 11.1. The molecule has 1 heterocycles. The Bertz CT molecular complexity index is 275. The molecule has 0 amide bonds. The van der Waals surface area contributed by atoms with E-state index in [2.05, 4.69) is 30.7 Å². The van der Waals surface area contributed by atoms with Crippen molar-refractivity contribution in [3.05, 3.63) is 23.8 Å². The van der Waals surface area contributed by atoms with Gasteiger partial charge in [0.05, 0.1) is 6.54 Å². The lowest BCUT2D eigenvalue weighted by Gasteiger charge is -2.26. The van der Waals surface area contributed by atoms with Crippen molar-refractivity contribution in [2.24, 2.45) is 5.73 Å². The van der Waals surface area contributed by atoms with Crippen LogP contribution < -0.4 is 5.73 Å². The van der Waals surface area contributed by atoms with E-state index in [1.54, 1.807) is 0 Å². The van der Waals surface area contributed by atoms with Crippen LogP contribution in [0, 0.1) is 0 Å². The van der Waals surface area contributed by atoms with E-state index in [1.165, 1.54) is 5.56 Å². The Kier molecular flexibility index (Phi) is 3.58. The van der Waals surface area contributed by atoms with Gasteiger partial charge in [0.1, 0.15) is 5.82 Å². The van der Waals surface area contributed by atoms with Gasteiger partial charge in [-0.15, -0.1) is 0 Å². The van der Waals surface area contributed by atoms with E-state index < -0.39 is 0 Å². The lowest BCUT2D eigenvalue weighted by molar-refractivity contribution is 0.435. The van der Waals surface area contributed by atoms with Crippen molar-refractivity contribution in [1.82, 2.24) is 9.97 Å². The number of hydrogen-bond acceptors (Lipinski definition) is 3. The van der Waals surface area contributed by atoms with Gasteiger partial charge in [-0.3, -0.25) is 0 Å². The maximum Gasteiger partial charge on any atom is 0.141 e. The molecule has 0 atom stereocenters. The van der Waals surface area contributed by atoms with Crippen molar-refractivity contribution in [3.63, 3.8) is 0 Å². The highest BCUT2D eigenvalue weighted by Crippen LogP contribution is 2.29. The second-order valence-electron chi connectivity index (χ2n) is 3.86. The molecular formula is C11H19N3. The maximum atomic E-state index is 5.45. The maximum absolute atomic E-state index is 5.45. The van der Waals surface area contributed by atoms with Gasteiger partial charge in [-0.25, -0.2) is 9.97 Å². The minimum Gasteiger partial charge on any atom is -0.324 e. The molecule has 0 fully saturated rings. The van der Waals surface area contributed by atoms with Crippen molar-refractivity contribution < 1.29 is 0 Å². The highest BCUT2D eigenvalue weighted by Gasteiger charge is 2.22. The van der Waals surface area contributed by atoms with Gasteiger partial charge in [-0.1, -0.05) is 20.8 Å². The molecule has 0 aliphatic rings. The van der Waals surface area contributed by atoms with Crippen molar-refractivity contribution in [2.75, 3.05) is 0 Å². The first-order chi connectivity index (χ1) is 6.66. The summed E-state index contributed by atoms with van der Waals surface area (Å²) >= 11 is 0. The van der Waals surface area contributed by atoms with Crippen LogP contribution in [0.1, 0.15) is 45.0 Å². The Balaban J connectivity index is 2.95. The molecule has 0 spiro atoms. The van der Waals surface area contributed by atoms with Crippen LogP contribution in [0.15, 0.2) is 12.4 Å². The fraction of sp³-hybridized carbons (Fsp3) is 0.636. The summed E-state index contributed by atoms with van der Waals surface area (Å²) in [6.07, 6.45) is 6.02. The zero-order chi connectivity index (χ0) is 10.6. The van der Waals surface area contributed by atoms with Crippen molar-refractivity contribution >= 4 is 0 Å². The molecule has 0 unspecified atom stereocenters. The van der Waals surface area contributed by atoms with Crippen LogP contribution in [0.25, 0.3) is 0 Å². The lowest BCUT2D eigenvalue weighted by Crippen LogP contribution is -2.20. The molecule has 14 heavy (non-hydrogen) atoms. The van der Waals surface area contributed by atoms with E-state index in [0.717, 1.165) is 12.8 Å². The quantitative estimate of drug-likeness (QED) is 0.795. The molecular weight excluding hydrogens is 174 g/mol. The summed E-state index contributed by atoms with van der Waals surface area (Å²) in [5.74, 6) is 0.711. The molecule has 0 saturated heterocycles. The second-order valence-corrected chi connectivity index (χ2v) is 3.86. The topological polar surface area (TPSA) is 51.8 Å². The predicted octanol–water partition coefficient (Wildman–Crippen LogP) is 2.01. The molecule has 1 rings (SSSR count). The van der Waals surface area contributed by atoms with Gasteiger partial charge < -0.3 is 5.73 Å². The van der Waals surface area contributed by atoms with Gasteiger partial charge in [0.25, 0.3) is 0 Å². The van der Waals surface area contributed by atoms with Crippen LogP contribution >= 0.6 is 0 Å². The van der Waals surface area contributed by atoms with E-state index in [4.69, 9.17) is 5.73 Å². The van der Waals surface area contributed by atoms with Gasteiger partial charge in [-0.05, 0) is 23.8 Å². The van der Waals surface area contributed by atoms with Gasteiger partial charge in [0.2, 0.25) is 0 Å². The number of rotatable bonds is 4. The summed E-state index contributed by atoms with van der Waals surface area (Å²) in [6.45, 7) is 7.05. The van der Waals surface area contributed by atoms with Crippen molar-refractivity contribution in [2.45, 2.75) is 45.6 Å². The summed E-state index contributed by atoms with van der Waals surface area (Å²) in [4.78, 5) is 8.45. The van der Waals surface area contributed by atoms with E-state index in [9.17, 15) is 0 Å². The molecule has 3 nitrogen and oxygen atoms in total. The molecule has 1 aromatic heterocycles. The third-order valence-electron chi connectivity index (χ3n) is 3.15. The van der Waals surface area contributed by atoms with E-state index >= 15 is 0 Å². The summed E-state index contributed by atoms with van der Waals surface area (Å²) in [7, 11) is 0. The molecule has 0 radical (unpaired) electrons. The van der Waals surface area contributed by atoms with Crippen molar-refractivity contribution in [3.8, 4) is 0 Å². The second kappa shape index (κ2) is 4.51. The van der Waals surface area contributed by atoms with Crippen LogP contribution in [-0.4, -0.2) is 9.97 Å². The predicted molar refractivity (Wildman–Crippen MR) is 57.9 cm³/mol. The van der Waals surface area contributed by atoms with Crippen LogP contribution in [0.3, 0.4) is 0 Å². The fourth-order valence-electron chi connectivity index (χ4n) is 1.43. The van der Waals surface area contributed by atoms with Gasteiger partial charge in [0.15, 0.2) is 0 Å². The average molecular weight is 193 g/mol. The number of aromatic nitrogens is 2. The lowest BCUT2D eigenvalue weighted by atomic mass is 9.79. The third-order valence-corrected chi connectivity index (χ3v) is 3.15. The van der Waals surface area contributed by atoms with Gasteiger partial charge in [-0.2, -0.15) is 0 Å². The highest BCUT2D eigenvalue weighted by atomic mass is 14.9. The van der Waals surface area contributed by atoms with Crippen LogP contribution in [0.2, 0.25) is 0 Å². The Hall–Kier alpha value is -0.960. The molecule has 2 N–H and O–H groups in total. The zero-order valence-electron chi connectivity index (χ0n) is 9.25. The molecule has 0 bridgehead atoms. The Morgan fingerprint density at radius 1 is 1.21 bits per heavy atom. The molecule has 0 saturated carbocycles. The zero-order valence-corrected chi connectivity index (χ0v) is 9.25. The minimum atomic E-state index is 0.202. The first-order valence-corrected chi connectivity index (χ1v) is 5.17. The van der Waals surface area contributed by atoms with Gasteiger partial charge >= 0.3 is 0 Å². The number of hydrogen-bond donors (Lipinski definition) is 1. The molecule has 0 aliphatic heterocycles. The number of nitrogens with two attached hydrogens (primary N) is 1. The smallest absolute Gasteiger partial charge is 0.141 e. The summed E-state index contributed by atoms with van der Waals surface area (Å²) in [5.41, 5.74) is 6.86. The molecule has 78 valence electrons. The highest BCUT2D eigenvalue weighted by molar-refractivity contribution is 5.17. The standard InChI is InChI=1S/C11H19N3/c1-4-11(3,5-2)9-7-13-10(6-12)14-8-9/h7-8H,4-6,12H2,1-3H3. The SMILES string of the molecule is CCC(C)(CC)c1cnc(CN)nc1. The van der Waals surface area contributed by atoms with Crippen molar-refractivity contribution in [1.29, 1.82) is 0 Å². The van der Waals surface area contributed by atoms with Crippen LogP contribution in [0.5, 0.6) is 0 Å².